The van der Waals surface area contributed by atoms with Crippen molar-refractivity contribution >= 4 is 23.3 Å². The first kappa shape index (κ1) is 17.9. The Bertz CT molecular complexity index is 914. The summed E-state index contributed by atoms with van der Waals surface area (Å²) < 4.78 is 16.2. The molecule has 26 heavy (non-hydrogen) atoms. The molecule has 0 saturated heterocycles. The molecule has 134 valence electrons. The summed E-state index contributed by atoms with van der Waals surface area (Å²) >= 11 is 1.48. The Morgan fingerprint density at radius 1 is 1.19 bits per heavy atom. The van der Waals surface area contributed by atoms with E-state index >= 15 is 0 Å². The minimum Gasteiger partial charge on any atom is -0.466 e. The molecule has 0 radical (unpaired) electrons. The van der Waals surface area contributed by atoms with Gasteiger partial charge in [-0.25, -0.2) is 4.98 Å². The molecule has 2 aromatic heterocycles. The summed E-state index contributed by atoms with van der Waals surface area (Å²) in [7, 11) is 0. The van der Waals surface area contributed by atoms with Crippen molar-refractivity contribution in [1.82, 2.24) is 4.98 Å². The molecule has 6 nitrogen and oxygen atoms in total. The molecule has 0 aliphatic heterocycles. The Balaban J connectivity index is 2.04. The summed E-state index contributed by atoms with van der Waals surface area (Å²) in [5, 5.41) is 1.92. The predicted octanol–water partition coefficient (Wildman–Crippen LogP) is 4.10. The molecule has 3 rings (SSSR count). The first-order valence-electron chi connectivity index (χ1n) is 8.05. The van der Waals surface area contributed by atoms with Crippen molar-refractivity contribution < 1.29 is 23.5 Å². The third kappa shape index (κ3) is 4.00. The summed E-state index contributed by atoms with van der Waals surface area (Å²) in [4.78, 5) is 28.6. The lowest BCUT2D eigenvalue weighted by Gasteiger charge is -2.05. The van der Waals surface area contributed by atoms with E-state index in [0.29, 0.717) is 29.4 Å². The summed E-state index contributed by atoms with van der Waals surface area (Å²) in [6, 6.07) is 10.7. The standard InChI is InChI=1S/C19H17NO5S/c1-3-23-17(22)11-14-18(16-9-6-10-26-16)25-19(20-14)13-7-4-5-8-15(13)24-12(2)21/h4-10H,3,11H2,1-2H3. The molecule has 0 spiro atoms. The van der Waals surface area contributed by atoms with Crippen LogP contribution in [0.25, 0.3) is 22.1 Å². The molecule has 1 aromatic carbocycles. The highest BCUT2D eigenvalue weighted by molar-refractivity contribution is 7.13. The van der Waals surface area contributed by atoms with E-state index < -0.39 is 5.97 Å². The van der Waals surface area contributed by atoms with Gasteiger partial charge in [0.2, 0.25) is 5.89 Å². The van der Waals surface area contributed by atoms with E-state index in [9.17, 15) is 9.59 Å². The van der Waals surface area contributed by atoms with Gasteiger partial charge in [0.1, 0.15) is 5.75 Å². The van der Waals surface area contributed by atoms with Gasteiger partial charge >= 0.3 is 11.9 Å². The van der Waals surface area contributed by atoms with Gasteiger partial charge in [-0.2, -0.15) is 0 Å². The Morgan fingerprint density at radius 3 is 2.69 bits per heavy atom. The van der Waals surface area contributed by atoms with E-state index in [4.69, 9.17) is 13.9 Å². The third-order valence-corrected chi connectivity index (χ3v) is 4.30. The molecule has 0 aliphatic carbocycles. The molecule has 0 aliphatic rings. The van der Waals surface area contributed by atoms with Crippen LogP contribution < -0.4 is 4.74 Å². The van der Waals surface area contributed by atoms with Gasteiger partial charge in [-0.3, -0.25) is 9.59 Å². The fraction of sp³-hybridized carbons (Fsp3) is 0.211. The van der Waals surface area contributed by atoms with Crippen LogP contribution >= 0.6 is 11.3 Å². The van der Waals surface area contributed by atoms with E-state index in [1.54, 1.807) is 31.2 Å². The number of hydrogen-bond donors (Lipinski definition) is 0. The van der Waals surface area contributed by atoms with E-state index in [1.165, 1.54) is 18.3 Å². The zero-order valence-electron chi connectivity index (χ0n) is 14.4. The number of ether oxygens (including phenoxy) is 2. The maximum atomic E-state index is 11.9. The van der Waals surface area contributed by atoms with Crippen LogP contribution in [-0.2, 0) is 20.7 Å². The maximum absolute atomic E-state index is 11.9. The molecule has 0 amide bonds. The normalized spacial score (nSPS) is 10.5. The monoisotopic (exact) mass is 371 g/mol. The van der Waals surface area contributed by atoms with Crippen LogP contribution in [0.5, 0.6) is 5.75 Å². The predicted molar refractivity (Wildman–Crippen MR) is 96.9 cm³/mol. The number of esters is 2. The lowest BCUT2D eigenvalue weighted by molar-refractivity contribution is -0.142. The fourth-order valence-electron chi connectivity index (χ4n) is 2.42. The van der Waals surface area contributed by atoms with Crippen molar-refractivity contribution in [3.05, 3.63) is 47.5 Å². The van der Waals surface area contributed by atoms with Crippen LogP contribution in [0.15, 0.2) is 46.2 Å². The molecule has 0 atom stereocenters. The molecule has 0 unspecified atom stereocenters. The van der Waals surface area contributed by atoms with E-state index in [2.05, 4.69) is 4.98 Å². The van der Waals surface area contributed by atoms with Gasteiger partial charge in [0.25, 0.3) is 0 Å². The van der Waals surface area contributed by atoms with Crippen LogP contribution in [0.3, 0.4) is 0 Å². The Hall–Kier alpha value is -2.93. The van der Waals surface area contributed by atoms with Gasteiger partial charge in [0.15, 0.2) is 5.76 Å². The van der Waals surface area contributed by atoms with Gasteiger partial charge in [-0.1, -0.05) is 18.2 Å². The van der Waals surface area contributed by atoms with E-state index in [0.717, 1.165) is 4.88 Å². The quantitative estimate of drug-likeness (QED) is 0.479. The highest BCUT2D eigenvalue weighted by atomic mass is 32.1. The molecule has 0 fully saturated rings. The molecule has 2 heterocycles. The first-order chi connectivity index (χ1) is 12.6. The zero-order valence-corrected chi connectivity index (χ0v) is 15.2. The number of thiophene rings is 1. The summed E-state index contributed by atoms with van der Waals surface area (Å²) in [6.07, 6.45) is 0.000303. The number of benzene rings is 1. The highest BCUT2D eigenvalue weighted by Crippen LogP contribution is 2.36. The number of rotatable bonds is 6. The lowest BCUT2D eigenvalue weighted by atomic mass is 10.2. The highest BCUT2D eigenvalue weighted by Gasteiger charge is 2.22. The molecular formula is C19H17NO5S. The third-order valence-electron chi connectivity index (χ3n) is 3.43. The minimum atomic E-state index is -0.436. The maximum Gasteiger partial charge on any atom is 0.312 e. The van der Waals surface area contributed by atoms with E-state index in [1.807, 2.05) is 17.5 Å². The number of carbonyl (C=O) groups is 2. The van der Waals surface area contributed by atoms with Crippen molar-refractivity contribution in [3.63, 3.8) is 0 Å². The summed E-state index contributed by atoms with van der Waals surface area (Å²) in [6.45, 7) is 3.38. The molecule has 0 saturated carbocycles. The molecular weight excluding hydrogens is 354 g/mol. The van der Waals surface area contributed by atoms with Crippen molar-refractivity contribution in [1.29, 1.82) is 0 Å². The number of nitrogens with zero attached hydrogens (tertiary/aromatic N) is 1. The second kappa shape index (κ2) is 7.97. The summed E-state index contributed by atoms with van der Waals surface area (Å²) in [5.41, 5.74) is 1.02. The van der Waals surface area contributed by atoms with Crippen LogP contribution in [0.4, 0.5) is 0 Å². The lowest BCUT2D eigenvalue weighted by Crippen LogP contribution is -2.08. The first-order valence-corrected chi connectivity index (χ1v) is 8.93. The van der Waals surface area contributed by atoms with Crippen molar-refractivity contribution in [2.24, 2.45) is 0 Å². The smallest absolute Gasteiger partial charge is 0.312 e. The average molecular weight is 371 g/mol. The van der Waals surface area contributed by atoms with Crippen molar-refractivity contribution in [3.8, 4) is 27.8 Å². The van der Waals surface area contributed by atoms with Crippen LogP contribution in [-0.4, -0.2) is 23.5 Å². The van der Waals surface area contributed by atoms with Crippen molar-refractivity contribution in [2.45, 2.75) is 20.3 Å². The van der Waals surface area contributed by atoms with Gasteiger partial charge in [0, 0.05) is 6.92 Å². The number of oxazole rings is 1. The Morgan fingerprint density at radius 2 is 2.00 bits per heavy atom. The Kier molecular flexibility index (Phi) is 5.48. The Labute approximate surface area is 154 Å². The fourth-order valence-corrected chi connectivity index (χ4v) is 3.15. The van der Waals surface area contributed by atoms with Gasteiger partial charge < -0.3 is 13.9 Å². The summed E-state index contributed by atoms with van der Waals surface area (Å²) in [5.74, 6) is 0.333. The van der Waals surface area contributed by atoms with Gasteiger partial charge in [-0.05, 0) is 30.5 Å². The number of hydrogen-bond acceptors (Lipinski definition) is 7. The molecule has 0 bridgehead atoms. The van der Waals surface area contributed by atoms with Crippen LogP contribution in [0, 0.1) is 0 Å². The van der Waals surface area contributed by atoms with Crippen LogP contribution in [0.2, 0.25) is 0 Å². The second-order valence-corrected chi connectivity index (χ2v) is 6.29. The SMILES string of the molecule is CCOC(=O)Cc1nc(-c2ccccc2OC(C)=O)oc1-c1cccs1. The van der Waals surface area contributed by atoms with E-state index in [-0.39, 0.29) is 18.3 Å². The number of para-hydroxylation sites is 1. The molecule has 3 aromatic rings. The largest absolute Gasteiger partial charge is 0.466 e. The number of carbonyl (C=O) groups excluding carboxylic acids is 2. The van der Waals surface area contributed by atoms with Gasteiger partial charge in [-0.15, -0.1) is 11.3 Å². The average Bonchev–Trinajstić information content (AvgIpc) is 3.24. The molecule has 0 N–H and O–H groups in total. The number of aromatic nitrogens is 1. The topological polar surface area (TPSA) is 78.6 Å². The van der Waals surface area contributed by atoms with Crippen molar-refractivity contribution in [2.75, 3.05) is 6.61 Å². The second-order valence-electron chi connectivity index (χ2n) is 5.34. The van der Waals surface area contributed by atoms with Crippen LogP contribution in [0.1, 0.15) is 19.5 Å². The minimum absolute atomic E-state index is 0.000303. The molecule has 7 heteroatoms. The zero-order chi connectivity index (χ0) is 18.5. The van der Waals surface area contributed by atoms with Gasteiger partial charge in [0.05, 0.1) is 29.2 Å².